The van der Waals surface area contributed by atoms with Crippen LogP contribution in [0.1, 0.15) is 18.7 Å². The molecular weight excluding hydrogens is 513 g/mol. The summed E-state index contributed by atoms with van der Waals surface area (Å²) >= 11 is 4.02. The van der Waals surface area contributed by atoms with E-state index in [-0.39, 0.29) is 29.9 Å². The maximum Gasteiger partial charge on any atom is 0.469 e. The highest BCUT2D eigenvalue weighted by Gasteiger charge is 2.60. The van der Waals surface area contributed by atoms with Crippen molar-refractivity contribution in [2.75, 3.05) is 18.6 Å². The number of phosphoric ester groups is 1. The Morgan fingerprint density at radius 2 is 2.12 bits per heavy atom. The highest BCUT2D eigenvalue weighted by atomic mass is 32.2. The van der Waals surface area contributed by atoms with Crippen LogP contribution in [0.4, 0.5) is 0 Å². The quantitative estimate of drug-likeness (QED) is 0.161. The minimum absolute atomic E-state index is 0.0539. The van der Waals surface area contributed by atoms with Crippen molar-refractivity contribution in [3.63, 3.8) is 0 Å². The van der Waals surface area contributed by atoms with E-state index in [1.165, 1.54) is 46.7 Å². The van der Waals surface area contributed by atoms with Gasteiger partial charge in [-0.25, -0.2) is 14.3 Å². The van der Waals surface area contributed by atoms with Crippen molar-refractivity contribution in [3.05, 3.63) is 16.8 Å². The summed E-state index contributed by atoms with van der Waals surface area (Å²) in [5, 5.41) is 21.3. The van der Waals surface area contributed by atoms with Gasteiger partial charge in [-0.15, -0.1) is 23.1 Å². The Labute approximate surface area is 201 Å². The predicted octanol–water partition coefficient (Wildman–Crippen LogP) is 1.97. The SMILES string of the molecule is CSc1nc(SCCOP(=O)(O)O)c2sc(C3=C(C(=O)O)N4C(=O)[C@H]([C@@H](C)O)[C@H]4[C@H]3C)cn12. The summed E-state index contributed by atoms with van der Waals surface area (Å²) in [7, 11) is -4.54. The lowest BCUT2D eigenvalue weighted by Gasteiger charge is -2.46. The van der Waals surface area contributed by atoms with Crippen molar-refractivity contribution < 1.29 is 38.7 Å². The molecule has 2 aliphatic rings. The van der Waals surface area contributed by atoms with E-state index >= 15 is 0 Å². The Balaban J connectivity index is 1.70. The molecule has 2 aromatic heterocycles. The van der Waals surface area contributed by atoms with Crippen LogP contribution in [0.15, 0.2) is 22.1 Å². The number of aliphatic hydroxyl groups is 1. The summed E-state index contributed by atoms with van der Waals surface area (Å²) in [5.74, 6) is -2.23. The molecule has 0 aromatic carbocycles. The average molecular weight is 536 g/mol. The molecule has 4 N–H and O–H groups in total. The number of carboxylic acid groups (broad SMARTS) is 1. The number of β-lactam (4-membered cyclic amide) rings is 1. The van der Waals surface area contributed by atoms with Gasteiger partial charge in [-0.05, 0) is 13.2 Å². The first kappa shape index (κ1) is 24.7. The highest BCUT2D eigenvalue weighted by Crippen LogP contribution is 2.52. The number of nitrogens with zero attached hydrogens (tertiary/aromatic N) is 3. The van der Waals surface area contributed by atoms with Crippen molar-refractivity contribution in [2.24, 2.45) is 11.8 Å². The number of carbonyl (C=O) groups excluding carboxylic acids is 1. The Bertz CT molecular complexity index is 1200. The molecule has 0 unspecified atom stereocenters. The summed E-state index contributed by atoms with van der Waals surface area (Å²) in [5.41, 5.74) is 0.493. The van der Waals surface area contributed by atoms with E-state index in [2.05, 4.69) is 9.51 Å². The summed E-state index contributed by atoms with van der Waals surface area (Å²) in [4.78, 5) is 49.7. The number of aliphatic hydroxyl groups excluding tert-OH is 1. The molecule has 0 saturated carbocycles. The number of carboxylic acids is 1. The van der Waals surface area contributed by atoms with Gasteiger partial charge in [0, 0.05) is 23.4 Å². The Kier molecular flexibility index (Phi) is 6.75. The minimum Gasteiger partial charge on any atom is -0.477 e. The molecule has 0 radical (unpaired) electrons. The van der Waals surface area contributed by atoms with Gasteiger partial charge in [0.15, 0.2) is 5.16 Å². The van der Waals surface area contributed by atoms with Gasteiger partial charge in [-0.1, -0.05) is 18.7 Å². The Morgan fingerprint density at radius 1 is 1.42 bits per heavy atom. The molecule has 1 fully saturated rings. The van der Waals surface area contributed by atoms with Crippen LogP contribution in [0.25, 0.3) is 10.4 Å². The molecule has 15 heteroatoms. The van der Waals surface area contributed by atoms with Crippen LogP contribution in [0.2, 0.25) is 0 Å². The van der Waals surface area contributed by atoms with Crippen LogP contribution < -0.4 is 0 Å². The van der Waals surface area contributed by atoms with E-state index in [0.29, 0.717) is 20.6 Å². The summed E-state index contributed by atoms with van der Waals surface area (Å²) < 4.78 is 17.2. The smallest absolute Gasteiger partial charge is 0.469 e. The standard InChI is InChI=1S/C18H22N3O8PS3/c1-7-10(13(17(24)25)21-12(7)11(8(2)22)15(21)23)9-6-20-16(33-9)14(19-18(20)31-3)32-5-4-29-30(26,27)28/h6-8,11-12,22H,4-5H2,1-3H3,(H,24,25)(H2,26,27,28)/t7-,8+,11+,12+/m0/s1. The molecule has 2 aliphatic heterocycles. The minimum atomic E-state index is -4.54. The van der Waals surface area contributed by atoms with Crippen LogP contribution in [0.5, 0.6) is 0 Å². The number of aliphatic carboxylic acids is 1. The maximum atomic E-state index is 12.6. The predicted molar refractivity (Wildman–Crippen MR) is 123 cm³/mol. The van der Waals surface area contributed by atoms with E-state index in [1.807, 2.05) is 17.6 Å². The highest BCUT2D eigenvalue weighted by molar-refractivity contribution is 8.00. The second kappa shape index (κ2) is 9.00. The summed E-state index contributed by atoms with van der Waals surface area (Å²) in [6.45, 7) is 3.24. The van der Waals surface area contributed by atoms with E-state index in [0.717, 1.165) is 4.83 Å². The van der Waals surface area contributed by atoms with E-state index in [9.17, 15) is 24.4 Å². The molecule has 1 amide bonds. The van der Waals surface area contributed by atoms with E-state index in [4.69, 9.17) is 9.79 Å². The molecule has 0 aliphatic carbocycles. The number of amides is 1. The second-order valence-corrected chi connectivity index (χ2v) is 11.8. The van der Waals surface area contributed by atoms with Gasteiger partial charge in [0.25, 0.3) is 0 Å². The molecule has 4 atom stereocenters. The Morgan fingerprint density at radius 3 is 2.70 bits per heavy atom. The van der Waals surface area contributed by atoms with Crippen LogP contribution in [0.3, 0.4) is 0 Å². The lowest BCUT2D eigenvalue weighted by atomic mass is 9.77. The Hall–Kier alpha value is -1.38. The third-order valence-corrected chi connectivity index (χ3v) is 9.02. The van der Waals surface area contributed by atoms with Crippen LogP contribution in [-0.4, -0.2) is 76.9 Å². The van der Waals surface area contributed by atoms with Crippen LogP contribution >= 0.6 is 42.7 Å². The number of hydrogen-bond donors (Lipinski definition) is 4. The topological polar surface area (TPSA) is 162 Å². The van der Waals surface area contributed by atoms with Gasteiger partial charge >= 0.3 is 13.8 Å². The number of fused-ring (bicyclic) bond motifs is 2. The molecule has 33 heavy (non-hydrogen) atoms. The fourth-order valence-electron chi connectivity index (χ4n) is 4.38. The molecule has 4 heterocycles. The number of carbonyl (C=O) groups is 2. The number of phosphoric acid groups is 1. The van der Waals surface area contributed by atoms with Crippen LogP contribution in [0, 0.1) is 11.8 Å². The van der Waals surface area contributed by atoms with Crippen molar-refractivity contribution >= 4 is 65.0 Å². The van der Waals surface area contributed by atoms with Gasteiger partial charge in [-0.2, -0.15) is 0 Å². The zero-order valence-electron chi connectivity index (χ0n) is 17.7. The van der Waals surface area contributed by atoms with Gasteiger partial charge in [0.1, 0.15) is 15.6 Å². The van der Waals surface area contributed by atoms with Gasteiger partial charge in [0.05, 0.1) is 29.5 Å². The first-order valence-corrected chi connectivity index (χ1v) is 14.4. The first-order valence-electron chi connectivity index (χ1n) is 9.84. The summed E-state index contributed by atoms with van der Waals surface area (Å²) in [6.07, 6.45) is 2.78. The van der Waals surface area contributed by atoms with E-state index in [1.54, 1.807) is 6.20 Å². The third kappa shape index (κ3) is 4.27. The fourth-order valence-corrected chi connectivity index (χ4v) is 7.64. The van der Waals surface area contributed by atoms with Gasteiger partial charge in [-0.3, -0.25) is 13.7 Å². The molecule has 0 spiro atoms. The molecule has 1 saturated heterocycles. The average Bonchev–Trinajstić information content (AvgIpc) is 3.33. The number of rotatable bonds is 9. The number of thiazole rings is 1. The van der Waals surface area contributed by atoms with Crippen molar-refractivity contribution in [1.82, 2.24) is 14.3 Å². The number of thioether (sulfide) groups is 2. The van der Waals surface area contributed by atoms with Gasteiger partial charge < -0.3 is 24.9 Å². The van der Waals surface area contributed by atoms with Crippen molar-refractivity contribution in [1.29, 1.82) is 0 Å². The molecule has 0 bridgehead atoms. The zero-order valence-corrected chi connectivity index (χ0v) is 21.1. The second-order valence-electron chi connectivity index (χ2n) is 7.67. The zero-order chi connectivity index (χ0) is 24.2. The lowest BCUT2D eigenvalue weighted by molar-refractivity contribution is -0.163. The van der Waals surface area contributed by atoms with Crippen LogP contribution in [-0.2, 0) is 18.7 Å². The first-order chi connectivity index (χ1) is 15.5. The molecule has 4 rings (SSSR count). The fraction of sp³-hybridized carbons (Fsp3) is 0.500. The number of imidazole rings is 1. The maximum absolute atomic E-state index is 12.6. The lowest BCUT2D eigenvalue weighted by Crippen LogP contribution is -2.63. The number of hydrogen-bond acceptors (Lipinski definition) is 9. The molecule has 180 valence electrons. The normalized spacial score (nSPS) is 23.9. The molecule has 2 aromatic rings. The van der Waals surface area contributed by atoms with Gasteiger partial charge in [0.2, 0.25) is 5.91 Å². The van der Waals surface area contributed by atoms with E-state index < -0.39 is 31.9 Å². The summed E-state index contributed by atoms with van der Waals surface area (Å²) in [6, 6.07) is -0.406. The molecular formula is C18H22N3O8PS3. The van der Waals surface area contributed by atoms with Crippen molar-refractivity contribution in [2.45, 2.75) is 36.2 Å². The molecule has 11 nitrogen and oxygen atoms in total. The largest absolute Gasteiger partial charge is 0.477 e. The number of aromatic nitrogens is 2. The van der Waals surface area contributed by atoms with Crippen molar-refractivity contribution in [3.8, 4) is 0 Å². The third-order valence-electron chi connectivity index (χ3n) is 5.66. The monoisotopic (exact) mass is 535 g/mol.